The predicted molar refractivity (Wildman–Crippen MR) is 101 cm³/mol. The van der Waals surface area contributed by atoms with Crippen molar-refractivity contribution in [3.8, 4) is 0 Å². The van der Waals surface area contributed by atoms with Gasteiger partial charge in [0.1, 0.15) is 5.82 Å². The molecule has 0 spiro atoms. The summed E-state index contributed by atoms with van der Waals surface area (Å²) in [4.78, 5) is 31.2. The van der Waals surface area contributed by atoms with Gasteiger partial charge in [-0.2, -0.15) is 0 Å². The number of nitrogens with zero attached hydrogens (tertiary/aromatic N) is 2. The van der Waals surface area contributed by atoms with Gasteiger partial charge in [-0.15, -0.1) is 11.8 Å². The maximum Gasteiger partial charge on any atom is 0.269 e. The maximum absolute atomic E-state index is 12.4. The predicted octanol–water partition coefficient (Wildman–Crippen LogP) is 3.83. The smallest absolute Gasteiger partial charge is 0.269 e. The molecule has 0 aliphatic heterocycles. The average Bonchev–Trinajstić information content (AvgIpc) is 3.06. The summed E-state index contributed by atoms with van der Waals surface area (Å²) in [5.41, 5.74) is 1.82. The van der Waals surface area contributed by atoms with Gasteiger partial charge in [0.05, 0.1) is 27.2 Å². The first kappa shape index (κ1) is 17.9. The van der Waals surface area contributed by atoms with Gasteiger partial charge in [0.15, 0.2) is 0 Å². The summed E-state index contributed by atoms with van der Waals surface area (Å²) in [6.45, 7) is 3.67. The highest BCUT2D eigenvalue weighted by atomic mass is 32.2. The Morgan fingerprint density at radius 1 is 1.19 bits per heavy atom. The summed E-state index contributed by atoms with van der Waals surface area (Å²) in [6.07, 6.45) is 0. The summed E-state index contributed by atoms with van der Waals surface area (Å²) < 4.78 is 0. The van der Waals surface area contributed by atoms with Crippen LogP contribution < -0.4 is 5.32 Å². The maximum atomic E-state index is 12.4. The second kappa shape index (κ2) is 7.57. The minimum absolute atomic E-state index is 0.0324. The number of H-pyrrole nitrogens is 1. The lowest BCUT2D eigenvalue weighted by atomic mass is 10.3. The molecule has 0 aliphatic carbocycles. The zero-order valence-corrected chi connectivity index (χ0v) is 15.1. The van der Waals surface area contributed by atoms with Gasteiger partial charge in [-0.3, -0.25) is 14.9 Å². The SMILES string of the molecule is C[C@H](NC(=O)[C@@H](C)Sc1ccc([N+](=O)[O-])cc1)c1nc2ccccc2[nH]1. The molecular formula is C18H18N4O3S. The van der Waals surface area contributed by atoms with Crippen LogP contribution in [0.5, 0.6) is 0 Å². The number of carbonyl (C=O) groups excluding carboxylic acids is 1. The van der Waals surface area contributed by atoms with Crippen molar-refractivity contribution in [2.75, 3.05) is 0 Å². The molecule has 0 unspecified atom stereocenters. The Labute approximate surface area is 154 Å². The third-order valence-corrected chi connectivity index (χ3v) is 5.02. The first-order valence-electron chi connectivity index (χ1n) is 8.10. The molecule has 7 nitrogen and oxygen atoms in total. The van der Waals surface area contributed by atoms with E-state index in [-0.39, 0.29) is 22.9 Å². The highest BCUT2D eigenvalue weighted by molar-refractivity contribution is 8.00. The first-order chi connectivity index (χ1) is 12.4. The zero-order chi connectivity index (χ0) is 18.7. The number of nitrogens with one attached hydrogen (secondary N) is 2. The fraction of sp³-hybridized carbons (Fsp3) is 0.222. The Morgan fingerprint density at radius 3 is 2.54 bits per heavy atom. The molecule has 2 aromatic carbocycles. The highest BCUT2D eigenvalue weighted by Crippen LogP contribution is 2.26. The van der Waals surface area contributed by atoms with Gasteiger partial charge in [0, 0.05) is 17.0 Å². The van der Waals surface area contributed by atoms with Crippen molar-refractivity contribution >= 4 is 34.4 Å². The molecule has 0 saturated carbocycles. The second-order valence-corrected chi connectivity index (χ2v) is 7.29. The lowest BCUT2D eigenvalue weighted by Crippen LogP contribution is -2.33. The van der Waals surface area contributed by atoms with Crippen molar-refractivity contribution < 1.29 is 9.72 Å². The van der Waals surface area contributed by atoms with Gasteiger partial charge in [-0.05, 0) is 38.1 Å². The number of aromatic amines is 1. The van der Waals surface area contributed by atoms with Crippen LogP contribution in [-0.2, 0) is 4.79 Å². The van der Waals surface area contributed by atoms with E-state index in [0.29, 0.717) is 5.82 Å². The van der Waals surface area contributed by atoms with Crippen LogP contribution >= 0.6 is 11.8 Å². The normalized spacial score (nSPS) is 13.3. The number of para-hydroxylation sites is 2. The molecule has 3 rings (SSSR count). The number of benzene rings is 2. The van der Waals surface area contributed by atoms with Crippen molar-refractivity contribution in [3.63, 3.8) is 0 Å². The molecule has 0 bridgehead atoms. The topological polar surface area (TPSA) is 101 Å². The summed E-state index contributed by atoms with van der Waals surface area (Å²) in [5.74, 6) is 0.577. The van der Waals surface area contributed by atoms with E-state index in [1.54, 1.807) is 19.1 Å². The molecule has 1 heterocycles. The summed E-state index contributed by atoms with van der Waals surface area (Å²) >= 11 is 1.35. The lowest BCUT2D eigenvalue weighted by Gasteiger charge is -2.16. The van der Waals surface area contributed by atoms with Gasteiger partial charge in [0.2, 0.25) is 5.91 Å². The van der Waals surface area contributed by atoms with Gasteiger partial charge >= 0.3 is 0 Å². The first-order valence-corrected chi connectivity index (χ1v) is 8.98. The number of carbonyl (C=O) groups is 1. The number of nitro groups is 1. The molecule has 1 aromatic heterocycles. The van der Waals surface area contributed by atoms with Crippen molar-refractivity contribution in [1.82, 2.24) is 15.3 Å². The number of imidazole rings is 1. The molecule has 0 radical (unpaired) electrons. The Bertz CT molecular complexity index is 906. The molecule has 26 heavy (non-hydrogen) atoms. The number of fused-ring (bicyclic) bond motifs is 1. The lowest BCUT2D eigenvalue weighted by molar-refractivity contribution is -0.384. The van der Waals surface area contributed by atoms with Crippen LogP contribution in [0.2, 0.25) is 0 Å². The molecule has 0 fully saturated rings. The Hall–Kier alpha value is -2.87. The number of nitro benzene ring substituents is 1. The van der Waals surface area contributed by atoms with E-state index in [1.807, 2.05) is 31.2 Å². The number of rotatable bonds is 6. The third kappa shape index (κ3) is 4.02. The largest absolute Gasteiger partial charge is 0.345 e. The number of hydrogen-bond acceptors (Lipinski definition) is 5. The van der Waals surface area contributed by atoms with E-state index in [0.717, 1.165) is 15.9 Å². The molecular weight excluding hydrogens is 352 g/mol. The second-order valence-electron chi connectivity index (χ2n) is 5.88. The highest BCUT2D eigenvalue weighted by Gasteiger charge is 2.19. The molecule has 0 aliphatic rings. The quantitative estimate of drug-likeness (QED) is 0.390. The average molecular weight is 370 g/mol. The molecule has 8 heteroatoms. The van der Waals surface area contributed by atoms with Crippen LogP contribution in [-0.4, -0.2) is 26.0 Å². The standard InChI is InChI=1S/C18H18N4O3S/c1-11(17-20-15-5-3-4-6-16(15)21-17)19-18(23)12(2)26-14-9-7-13(8-10-14)22(24)25/h3-12H,1-2H3,(H,19,23)(H,20,21)/t11-,12+/m0/s1. The number of non-ortho nitro benzene ring substituents is 1. The fourth-order valence-electron chi connectivity index (χ4n) is 2.48. The molecule has 2 N–H and O–H groups in total. The van der Waals surface area contributed by atoms with Crippen LogP contribution in [0.15, 0.2) is 53.4 Å². The summed E-state index contributed by atoms with van der Waals surface area (Å²) in [7, 11) is 0. The van der Waals surface area contributed by atoms with Gasteiger partial charge in [-0.25, -0.2) is 4.98 Å². The van der Waals surface area contributed by atoms with E-state index >= 15 is 0 Å². The van der Waals surface area contributed by atoms with E-state index in [4.69, 9.17) is 0 Å². The van der Waals surface area contributed by atoms with Crippen LogP contribution in [0, 0.1) is 10.1 Å². The summed E-state index contributed by atoms with van der Waals surface area (Å²) in [5, 5.41) is 13.3. The number of amides is 1. The van der Waals surface area contributed by atoms with E-state index in [1.165, 1.54) is 23.9 Å². The summed E-state index contributed by atoms with van der Waals surface area (Å²) in [6, 6.07) is 13.6. The van der Waals surface area contributed by atoms with Crippen molar-refractivity contribution in [2.24, 2.45) is 0 Å². The van der Waals surface area contributed by atoms with Gasteiger partial charge < -0.3 is 10.3 Å². The van der Waals surface area contributed by atoms with Gasteiger partial charge in [0.25, 0.3) is 5.69 Å². The fourth-order valence-corrected chi connectivity index (χ4v) is 3.36. The van der Waals surface area contributed by atoms with E-state index in [9.17, 15) is 14.9 Å². The Morgan fingerprint density at radius 2 is 1.88 bits per heavy atom. The monoisotopic (exact) mass is 370 g/mol. The van der Waals surface area contributed by atoms with E-state index in [2.05, 4.69) is 15.3 Å². The zero-order valence-electron chi connectivity index (χ0n) is 14.3. The molecule has 2 atom stereocenters. The van der Waals surface area contributed by atoms with Crippen molar-refractivity contribution in [3.05, 3.63) is 64.5 Å². The molecule has 0 saturated heterocycles. The Balaban J connectivity index is 1.61. The molecule has 3 aromatic rings. The molecule has 1 amide bonds. The van der Waals surface area contributed by atoms with E-state index < -0.39 is 4.92 Å². The van der Waals surface area contributed by atoms with Crippen molar-refractivity contribution in [1.29, 1.82) is 0 Å². The van der Waals surface area contributed by atoms with Crippen LogP contribution in [0.25, 0.3) is 11.0 Å². The minimum atomic E-state index is -0.445. The Kier molecular flexibility index (Phi) is 5.22. The van der Waals surface area contributed by atoms with Crippen LogP contribution in [0.4, 0.5) is 5.69 Å². The van der Waals surface area contributed by atoms with Gasteiger partial charge in [-0.1, -0.05) is 12.1 Å². The number of aromatic nitrogens is 2. The minimum Gasteiger partial charge on any atom is -0.345 e. The number of thioether (sulfide) groups is 1. The molecule has 134 valence electrons. The van der Waals surface area contributed by atoms with Crippen LogP contribution in [0.3, 0.4) is 0 Å². The van der Waals surface area contributed by atoms with Crippen LogP contribution in [0.1, 0.15) is 25.7 Å². The van der Waals surface area contributed by atoms with Crippen molar-refractivity contribution in [2.45, 2.75) is 30.0 Å². The number of hydrogen-bond donors (Lipinski definition) is 2. The third-order valence-electron chi connectivity index (χ3n) is 3.91.